The molecule has 3 nitrogen and oxygen atoms in total. The van der Waals surface area contributed by atoms with Crippen LogP contribution < -0.4 is 56.2 Å². The van der Waals surface area contributed by atoms with Gasteiger partial charge < -0.3 is 0 Å². The molecule has 0 bridgehead atoms. The minimum absolute atomic E-state index is 0.0207. The Bertz CT molecular complexity index is 6480. The Labute approximate surface area is 653 Å². The Morgan fingerprint density at radius 3 is 1.13 bits per heavy atom. The average Bonchev–Trinajstić information content (AvgIpc) is 0.659. The van der Waals surface area contributed by atoms with Crippen molar-refractivity contribution in [3.05, 3.63) is 325 Å². The molecule has 4 aliphatic rings. The van der Waals surface area contributed by atoms with Crippen molar-refractivity contribution in [1.82, 2.24) is 0 Å². The van der Waals surface area contributed by atoms with E-state index in [-0.39, 0.29) is 102 Å². The van der Waals surface area contributed by atoms with Crippen LogP contribution in [0.15, 0.2) is 303 Å². The summed E-state index contributed by atoms with van der Waals surface area (Å²) in [5.74, 6) is -0.252. The fourth-order valence-electron chi connectivity index (χ4n) is 15.9. The first-order valence-corrected chi connectivity index (χ1v) is 38.3. The molecule has 0 aromatic heterocycles. The summed E-state index contributed by atoms with van der Waals surface area (Å²) in [5, 5.41) is 0. The van der Waals surface area contributed by atoms with Gasteiger partial charge in [0.05, 0.1) is 2.74 Å². The number of nitrogens with zero attached hydrogens (tertiary/aromatic N) is 2. The van der Waals surface area contributed by atoms with Gasteiger partial charge in [-0.3, -0.25) is 0 Å². The SMILES string of the molecule is [2H]c1c([2H])c([2H])c2c(c1[2H])Oc1c3c(c([2H])c4c1B1c5c(cc(C(C)(C)C)cc5N4c4c(-c5ccccc5)cc(C(C)(C)C)cc4-c4ccccc4)N(c4c(-c5ccccc5)cc(C(C)(C)C)cc4-c4ccccc4)c4c([2H])c(-c5c(-c6ccccc6)c([2H])c(C(C)(C)C)c([2H])c5-c5ccccc5)c([2H])c([2H])c41)[Se]c1c([2H])c([2H])c([2H])c([2H])c1B23. The number of hydrogen-bond acceptors (Lipinski definition) is 3. The third kappa shape index (κ3) is 11.3. The molecular weight excluding hydrogens is 1350 g/mol. The summed E-state index contributed by atoms with van der Waals surface area (Å²) < 4.78 is 155. The van der Waals surface area contributed by atoms with E-state index in [1.165, 1.54) is 0 Å². The van der Waals surface area contributed by atoms with Gasteiger partial charge >= 0.3 is 500 Å². The van der Waals surface area contributed by atoms with Gasteiger partial charge in [0, 0.05) is 0 Å². The van der Waals surface area contributed by atoms with E-state index in [0.717, 1.165) is 61.2 Å². The zero-order valence-corrected chi connectivity index (χ0v) is 63.4. The normalized spacial score (nSPS) is 15.3. The number of ether oxygens (including phenoxy) is 1. The van der Waals surface area contributed by atoms with Crippen LogP contribution in [0.25, 0.3) is 77.9 Å². The Balaban J connectivity index is 1.14. The Hall–Kier alpha value is -10.9. The molecule has 4 heterocycles. The summed E-state index contributed by atoms with van der Waals surface area (Å²) in [6.07, 6.45) is 0. The molecule has 18 rings (SSSR count). The van der Waals surface area contributed by atoms with E-state index in [4.69, 9.17) is 4.74 Å². The van der Waals surface area contributed by atoms with Gasteiger partial charge in [-0.2, -0.15) is 0 Å². The van der Waals surface area contributed by atoms with Crippen LogP contribution in [0, 0.1) is 0 Å². The molecule has 0 N–H and O–H groups in total. The molecule has 0 aliphatic carbocycles. The Morgan fingerprint density at radius 2 is 0.698 bits per heavy atom. The van der Waals surface area contributed by atoms with Crippen molar-refractivity contribution in [2.45, 2.75) is 105 Å². The van der Waals surface area contributed by atoms with E-state index in [2.05, 4.69) is 157 Å². The molecule has 4 aliphatic heterocycles. The van der Waals surface area contributed by atoms with Gasteiger partial charge in [0.15, 0.2) is 0 Å². The molecule has 0 unspecified atom stereocenters. The summed E-state index contributed by atoms with van der Waals surface area (Å²) >= 11 is -1.18. The van der Waals surface area contributed by atoms with E-state index in [1.54, 1.807) is 0 Å². The maximum absolute atomic E-state index is 12.2. The van der Waals surface area contributed by atoms with E-state index in [9.17, 15) is 19.2 Å². The molecule has 0 radical (unpaired) electrons. The number of benzene rings is 14. The van der Waals surface area contributed by atoms with Crippen LogP contribution in [0.5, 0.6) is 11.5 Å². The third-order valence-corrected chi connectivity index (χ3v) is 23.5. The first kappa shape index (κ1) is 53.0. The fourth-order valence-corrected chi connectivity index (χ4v) is 18.1. The van der Waals surface area contributed by atoms with Gasteiger partial charge in [-0.15, -0.1) is 0 Å². The standard InChI is InChI=1S/C100H86B2N2OSe/c1-97(2,3)70-54-74(63-35-19-13-20-36-63)90(75(55-70)64-37-21-14-22-38-64)69-51-52-80-83(53-69)103(94-76(65-39-23-15-24-40-65)56-71(98(4,5)6)57-77(94)66-41-25-16-26-42-66)84-60-73(100(10,11)12)61-85-91(84)102(80)92-86(62-89-93-96(92)105-87-49-33-31-47-81(87)101(93)82-48-32-34-50-88(82)106-89)104(85)95-78(67-43-27-17-28-44-67)58-72(99(7,8)9)59-79(95)68-45-29-18-30-46-68/h13-62H,1-12H3/i31D,32D,33D,34D,47D,48D,49D,50D,51D,52D,53D,54D,55D,62D. The third-order valence-electron chi connectivity index (χ3n) is 21.3. The van der Waals surface area contributed by atoms with Gasteiger partial charge in [0.1, 0.15) is 0 Å². The van der Waals surface area contributed by atoms with Crippen molar-refractivity contribution in [2.24, 2.45) is 0 Å². The fraction of sp³-hybridized carbons (Fsp3) is 0.160. The van der Waals surface area contributed by atoms with Crippen molar-refractivity contribution in [1.29, 1.82) is 0 Å². The number of anilines is 6. The molecule has 106 heavy (non-hydrogen) atoms. The molecule has 0 atom stereocenters. The second-order valence-corrected chi connectivity index (χ2v) is 34.6. The summed E-state index contributed by atoms with van der Waals surface area (Å²) in [5.41, 5.74) is 13.3. The van der Waals surface area contributed by atoms with Gasteiger partial charge in [-0.25, -0.2) is 0 Å². The van der Waals surface area contributed by atoms with E-state index >= 15 is 0 Å². The van der Waals surface area contributed by atoms with Crippen molar-refractivity contribution in [3.63, 3.8) is 0 Å². The first-order chi connectivity index (χ1) is 57.0. The molecule has 0 spiro atoms. The van der Waals surface area contributed by atoms with Gasteiger partial charge in [0.2, 0.25) is 0 Å². The molecule has 14 aromatic carbocycles. The maximum atomic E-state index is 12.2. The molecule has 6 heteroatoms. The molecule has 514 valence electrons. The van der Waals surface area contributed by atoms with Crippen LogP contribution in [-0.2, 0) is 21.7 Å². The number of hydrogen-bond donors (Lipinski definition) is 0. The molecular formula is C100H86B2N2OSe. The van der Waals surface area contributed by atoms with Crippen molar-refractivity contribution < 1.29 is 23.9 Å². The van der Waals surface area contributed by atoms with Gasteiger partial charge in [-0.05, 0) is 16.4 Å². The molecule has 0 fully saturated rings. The summed E-state index contributed by atoms with van der Waals surface area (Å²) in [6, 6.07) is 68.0. The minimum atomic E-state index is -1.41. The van der Waals surface area contributed by atoms with Crippen molar-refractivity contribution in [2.75, 3.05) is 9.80 Å². The topological polar surface area (TPSA) is 15.7 Å². The van der Waals surface area contributed by atoms with Gasteiger partial charge in [-0.1, -0.05) is 139 Å². The summed E-state index contributed by atoms with van der Waals surface area (Å²) in [7, 11) is 0. The summed E-state index contributed by atoms with van der Waals surface area (Å²) in [6.45, 7) is 22.8. The quantitative estimate of drug-likeness (QED) is 0.134. The molecule has 0 saturated carbocycles. The second kappa shape index (κ2) is 25.4. The van der Waals surface area contributed by atoms with Crippen LogP contribution in [0.2, 0.25) is 0 Å². The zero-order chi connectivity index (χ0) is 84.9. The van der Waals surface area contributed by atoms with Crippen LogP contribution in [0.3, 0.4) is 0 Å². The van der Waals surface area contributed by atoms with Crippen LogP contribution >= 0.6 is 0 Å². The average molecular weight is 1450 g/mol. The zero-order valence-electron chi connectivity index (χ0n) is 75.7. The van der Waals surface area contributed by atoms with E-state index in [1.807, 2.05) is 154 Å². The summed E-state index contributed by atoms with van der Waals surface area (Å²) in [4.78, 5) is 4.34. The predicted molar refractivity (Wildman–Crippen MR) is 456 cm³/mol. The second-order valence-electron chi connectivity index (χ2n) is 32.4. The van der Waals surface area contributed by atoms with Crippen molar-refractivity contribution in [3.8, 4) is 89.4 Å². The molecule has 0 saturated heterocycles. The van der Waals surface area contributed by atoms with Crippen molar-refractivity contribution >= 4 is 104 Å². The Kier molecular flexibility index (Phi) is 12.7. The number of rotatable bonds is 9. The van der Waals surface area contributed by atoms with E-state index in [0.29, 0.717) is 60.5 Å². The van der Waals surface area contributed by atoms with Gasteiger partial charge in [0.25, 0.3) is 0 Å². The predicted octanol–water partition coefficient (Wildman–Crippen LogP) is 21.2. The monoisotopic (exact) mass is 1450 g/mol. The number of para-hydroxylation sites is 1. The molecule has 14 aromatic rings. The van der Waals surface area contributed by atoms with Crippen LogP contribution in [-0.4, -0.2) is 28.4 Å². The van der Waals surface area contributed by atoms with Crippen LogP contribution in [0.1, 0.15) is 125 Å². The van der Waals surface area contributed by atoms with Crippen LogP contribution in [0.4, 0.5) is 34.1 Å². The molecule has 0 amide bonds. The number of fused-ring (bicyclic) bond motifs is 9. The Morgan fingerprint density at radius 1 is 0.311 bits per heavy atom. The van der Waals surface area contributed by atoms with E-state index < -0.39 is 98.4 Å². The first-order valence-electron chi connectivity index (χ1n) is 43.6.